The second kappa shape index (κ2) is 5.52. The first-order valence-electron chi connectivity index (χ1n) is 6.02. The van der Waals surface area contributed by atoms with Crippen LogP contribution in [0.3, 0.4) is 0 Å². The van der Waals surface area contributed by atoms with Gasteiger partial charge in [0.1, 0.15) is 12.4 Å². The van der Waals surface area contributed by atoms with Gasteiger partial charge in [-0.1, -0.05) is 24.8 Å². The van der Waals surface area contributed by atoms with Crippen molar-refractivity contribution in [1.29, 1.82) is 0 Å². The molecule has 0 saturated carbocycles. The Bertz CT molecular complexity index is 589. The number of rotatable bonds is 3. The molecular formula is C15H18N3O+. The maximum atomic E-state index is 5.41. The molecule has 1 aromatic carbocycles. The Morgan fingerprint density at radius 1 is 1.37 bits per heavy atom. The predicted molar refractivity (Wildman–Crippen MR) is 76.3 cm³/mol. The van der Waals surface area contributed by atoms with Crippen molar-refractivity contribution in [2.24, 2.45) is 19.1 Å². The predicted octanol–water partition coefficient (Wildman–Crippen LogP) is 2.22. The van der Waals surface area contributed by atoms with Crippen LogP contribution in [-0.4, -0.2) is 17.6 Å². The smallest absolute Gasteiger partial charge is 0.344 e. The fourth-order valence-electron chi connectivity index (χ4n) is 1.88. The molecule has 2 aromatic rings. The number of methoxy groups -OCH3 is 1. The number of nitrogens with zero attached hydrogens (tertiary/aromatic N) is 3. The van der Waals surface area contributed by atoms with Crippen LogP contribution in [0.5, 0.6) is 0 Å². The molecule has 0 saturated heterocycles. The lowest BCUT2D eigenvalue weighted by atomic mass is 10.2. The number of aryl methyl sites for hydroxylation is 2. The molecule has 0 radical (unpaired) electrons. The molecule has 0 spiro atoms. The average Bonchev–Trinajstić information content (AvgIpc) is 2.76. The highest BCUT2D eigenvalue weighted by molar-refractivity contribution is 5.91. The minimum absolute atomic E-state index is 0.585. The van der Waals surface area contributed by atoms with E-state index in [-0.39, 0.29) is 0 Å². The van der Waals surface area contributed by atoms with Gasteiger partial charge in [-0.3, -0.25) is 0 Å². The molecule has 0 aliphatic heterocycles. The number of imidazole rings is 1. The van der Waals surface area contributed by atoms with Crippen LogP contribution in [-0.2, 0) is 18.8 Å². The van der Waals surface area contributed by atoms with Crippen molar-refractivity contribution in [2.45, 2.75) is 0 Å². The number of hydrogen-bond donors (Lipinski definition) is 0. The summed E-state index contributed by atoms with van der Waals surface area (Å²) in [5, 5.41) is 0. The zero-order valence-electron chi connectivity index (χ0n) is 11.5. The lowest BCUT2D eigenvalue weighted by Crippen LogP contribution is -2.35. The third-order valence-electron chi connectivity index (χ3n) is 2.93. The second-order valence-corrected chi connectivity index (χ2v) is 4.26. The number of ether oxygens (including phenoxy) is 1. The van der Waals surface area contributed by atoms with Gasteiger partial charge < -0.3 is 4.74 Å². The summed E-state index contributed by atoms with van der Waals surface area (Å²) in [6.07, 6.45) is 5.73. The van der Waals surface area contributed by atoms with E-state index in [0.717, 1.165) is 17.1 Å². The van der Waals surface area contributed by atoms with Crippen molar-refractivity contribution < 1.29 is 9.30 Å². The molecule has 0 bridgehead atoms. The fraction of sp³-hybridized carbons (Fsp3) is 0.200. The van der Waals surface area contributed by atoms with Crippen molar-refractivity contribution >= 4 is 17.7 Å². The first-order valence-corrected chi connectivity index (χ1v) is 6.02. The molecule has 1 heterocycles. The van der Waals surface area contributed by atoms with E-state index in [9.17, 15) is 0 Å². The van der Waals surface area contributed by atoms with Gasteiger partial charge in [0.15, 0.2) is 0 Å². The maximum Gasteiger partial charge on any atom is 0.344 e. The lowest BCUT2D eigenvalue weighted by molar-refractivity contribution is -0.672. The van der Waals surface area contributed by atoms with E-state index >= 15 is 0 Å². The zero-order chi connectivity index (χ0) is 13.8. The number of aliphatic imine (C=N–C) groups is 1. The normalized spacial score (nSPS) is 11.4. The van der Waals surface area contributed by atoms with Crippen LogP contribution >= 0.6 is 0 Å². The van der Waals surface area contributed by atoms with Crippen LogP contribution in [0.25, 0.3) is 6.08 Å². The lowest BCUT2D eigenvalue weighted by Gasteiger charge is -2.03. The summed E-state index contributed by atoms with van der Waals surface area (Å²) in [7, 11) is 5.55. The molecule has 1 aromatic heterocycles. The molecule has 0 atom stereocenters. The Hall–Kier alpha value is -2.36. The number of benzene rings is 1. The monoisotopic (exact) mass is 256 g/mol. The van der Waals surface area contributed by atoms with Gasteiger partial charge in [-0.2, -0.15) is 0 Å². The van der Waals surface area contributed by atoms with E-state index in [2.05, 4.69) is 11.6 Å². The number of hydrogen-bond acceptors (Lipinski definition) is 2. The summed E-state index contributed by atoms with van der Waals surface area (Å²) in [4.78, 5) is 4.54. The Morgan fingerprint density at radius 2 is 2.05 bits per heavy atom. The van der Waals surface area contributed by atoms with Gasteiger partial charge in [-0.15, -0.1) is 0 Å². The van der Waals surface area contributed by atoms with Crippen LogP contribution in [0.2, 0.25) is 0 Å². The highest BCUT2D eigenvalue weighted by Crippen LogP contribution is 2.15. The quantitative estimate of drug-likeness (QED) is 0.470. The molecule has 4 nitrogen and oxygen atoms in total. The molecule has 19 heavy (non-hydrogen) atoms. The fourth-order valence-corrected chi connectivity index (χ4v) is 1.88. The zero-order valence-corrected chi connectivity index (χ0v) is 11.5. The highest BCUT2D eigenvalue weighted by atomic mass is 16.5. The Morgan fingerprint density at radius 3 is 2.53 bits per heavy atom. The van der Waals surface area contributed by atoms with Crippen LogP contribution in [0.4, 0.5) is 5.69 Å². The van der Waals surface area contributed by atoms with E-state index in [4.69, 9.17) is 4.74 Å². The van der Waals surface area contributed by atoms with Crippen molar-refractivity contribution in [3.63, 3.8) is 0 Å². The average molecular weight is 256 g/mol. The molecule has 0 unspecified atom stereocenters. The molecule has 0 aliphatic rings. The van der Waals surface area contributed by atoms with Crippen molar-refractivity contribution in [1.82, 2.24) is 4.57 Å². The summed E-state index contributed by atoms with van der Waals surface area (Å²) in [6, 6.07) is 7.84. The topological polar surface area (TPSA) is 30.4 Å². The van der Waals surface area contributed by atoms with Gasteiger partial charge in [0.05, 0.1) is 26.9 Å². The van der Waals surface area contributed by atoms with E-state index in [1.54, 1.807) is 7.11 Å². The largest absolute Gasteiger partial charge is 0.475 e. The van der Waals surface area contributed by atoms with E-state index in [0.29, 0.717) is 5.90 Å². The van der Waals surface area contributed by atoms with Crippen molar-refractivity contribution in [3.05, 3.63) is 54.6 Å². The van der Waals surface area contributed by atoms with Gasteiger partial charge in [0.2, 0.25) is 0 Å². The van der Waals surface area contributed by atoms with Crippen LogP contribution in [0.15, 0.2) is 48.2 Å². The Balaban J connectivity index is 2.40. The molecular weight excluding hydrogens is 238 g/mol. The summed E-state index contributed by atoms with van der Waals surface area (Å²) in [5.74, 6) is 1.50. The Kier molecular flexibility index (Phi) is 3.80. The molecule has 0 aliphatic carbocycles. The molecule has 2 rings (SSSR count). The van der Waals surface area contributed by atoms with Gasteiger partial charge in [-0.25, -0.2) is 14.1 Å². The van der Waals surface area contributed by atoms with Gasteiger partial charge in [0.25, 0.3) is 0 Å². The first-order chi connectivity index (χ1) is 9.15. The standard InChI is InChI=1S/C15H18N3O/c1-5-12-6-8-13(9-7-12)16-14(19-4)15-17(2)10-11-18(15)3/h5-11H,1H2,2-4H3/q+1. The van der Waals surface area contributed by atoms with E-state index in [1.165, 1.54) is 0 Å². The Labute approximate surface area is 113 Å². The van der Waals surface area contributed by atoms with Crippen molar-refractivity contribution in [2.75, 3.05) is 7.11 Å². The molecule has 98 valence electrons. The summed E-state index contributed by atoms with van der Waals surface area (Å²) in [5.41, 5.74) is 1.92. The molecule has 0 amide bonds. The van der Waals surface area contributed by atoms with Gasteiger partial charge >= 0.3 is 11.7 Å². The number of aromatic nitrogens is 2. The summed E-state index contributed by atoms with van der Waals surface area (Å²) in [6.45, 7) is 3.73. The molecule has 0 fully saturated rings. The van der Waals surface area contributed by atoms with Gasteiger partial charge in [0, 0.05) is 0 Å². The maximum absolute atomic E-state index is 5.41. The first kappa shape index (κ1) is 13.1. The van der Waals surface area contributed by atoms with Crippen LogP contribution < -0.4 is 4.57 Å². The third-order valence-corrected chi connectivity index (χ3v) is 2.93. The van der Waals surface area contributed by atoms with Gasteiger partial charge in [-0.05, 0) is 17.7 Å². The third kappa shape index (κ3) is 2.73. The van der Waals surface area contributed by atoms with Crippen molar-refractivity contribution in [3.8, 4) is 0 Å². The van der Waals surface area contributed by atoms with Crippen LogP contribution in [0, 0.1) is 0 Å². The minimum Gasteiger partial charge on any atom is -0.475 e. The molecule has 0 N–H and O–H groups in total. The van der Waals surface area contributed by atoms with E-state index in [1.807, 2.05) is 66.0 Å². The SMILES string of the molecule is C=Cc1ccc(N=C(OC)c2n(C)cc[n+]2C)cc1. The second-order valence-electron chi connectivity index (χ2n) is 4.26. The van der Waals surface area contributed by atoms with E-state index < -0.39 is 0 Å². The highest BCUT2D eigenvalue weighted by Gasteiger charge is 2.19. The summed E-state index contributed by atoms with van der Waals surface area (Å²) >= 11 is 0. The van der Waals surface area contributed by atoms with Crippen LogP contribution in [0.1, 0.15) is 11.4 Å². The summed E-state index contributed by atoms with van der Waals surface area (Å²) < 4.78 is 9.35. The minimum atomic E-state index is 0.585. The molecule has 4 heteroatoms.